The standard InChI is InChI=1S/C16H25N3O/c1-13-5-3-9-19(12-13)10-4-8-16(20)18-15-7-2-6-14(17)11-15/h2,6-7,11,13H,3-5,8-10,12,17H2,1H3,(H,18,20). The summed E-state index contributed by atoms with van der Waals surface area (Å²) in [6.45, 7) is 5.69. The van der Waals surface area contributed by atoms with Gasteiger partial charge in [-0.25, -0.2) is 0 Å². The minimum Gasteiger partial charge on any atom is -0.399 e. The lowest BCUT2D eigenvalue weighted by Crippen LogP contribution is -2.35. The van der Waals surface area contributed by atoms with Crippen molar-refractivity contribution in [1.29, 1.82) is 0 Å². The van der Waals surface area contributed by atoms with E-state index < -0.39 is 0 Å². The molecule has 1 aromatic rings. The summed E-state index contributed by atoms with van der Waals surface area (Å²) < 4.78 is 0. The number of benzene rings is 1. The molecule has 3 N–H and O–H groups in total. The van der Waals surface area contributed by atoms with Crippen LogP contribution in [0.5, 0.6) is 0 Å². The zero-order chi connectivity index (χ0) is 14.4. The summed E-state index contributed by atoms with van der Waals surface area (Å²) in [7, 11) is 0. The summed E-state index contributed by atoms with van der Waals surface area (Å²) in [4.78, 5) is 14.3. The van der Waals surface area contributed by atoms with Crippen LogP contribution in [0.25, 0.3) is 0 Å². The van der Waals surface area contributed by atoms with E-state index in [0.29, 0.717) is 12.1 Å². The third-order valence-electron chi connectivity index (χ3n) is 3.79. The maximum atomic E-state index is 11.9. The molecule has 1 heterocycles. The zero-order valence-electron chi connectivity index (χ0n) is 12.3. The molecule has 0 spiro atoms. The first-order valence-corrected chi connectivity index (χ1v) is 7.51. The molecule has 1 saturated heterocycles. The molecule has 0 bridgehead atoms. The molecule has 1 aromatic carbocycles. The van der Waals surface area contributed by atoms with Gasteiger partial charge in [-0.15, -0.1) is 0 Å². The van der Waals surface area contributed by atoms with Gasteiger partial charge in [0, 0.05) is 24.3 Å². The van der Waals surface area contributed by atoms with Gasteiger partial charge in [-0.05, 0) is 56.5 Å². The lowest BCUT2D eigenvalue weighted by Gasteiger charge is -2.30. The largest absolute Gasteiger partial charge is 0.399 e. The van der Waals surface area contributed by atoms with E-state index >= 15 is 0 Å². The van der Waals surface area contributed by atoms with Gasteiger partial charge in [-0.2, -0.15) is 0 Å². The van der Waals surface area contributed by atoms with Gasteiger partial charge in [-0.3, -0.25) is 4.79 Å². The summed E-state index contributed by atoms with van der Waals surface area (Å²) in [5.74, 6) is 0.866. The molecule has 1 amide bonds. The van der Waals surface area contributed by atoms with E-state index in [2.05, 4.69) is 17.1 Å². The normalized spacial score (nSPS) is 19.8. The fourth-order valence-corrected chi connectivity index (χ4v) is 2.79. The van der Waals surface area contributed by atoms with Crippen LogP contribution >= 0.6 is 0 Å². The molecule has 1 fully saturated rings. The van der Waals surface area contributed by atoms with Crippen LogP contribution in [-0.4, -0.2) is 30.4 Å². The molecule has 1 aliphatic heterocycles. The third kappa shape index (κ3) is 4.85. The molecular formula is C16H25N3O. The van der Waals surface area contributed by atoms with Gasteiger partial charge < -0.3 is 16.0 Å². The fraction of sp³-hybridized carbons (Fsp3) is 0.562. The molecule has 0 saturated carbocycles. The van der Waals surface area contributed by atoms with E-state index in [9.17, 15) is 4.79 Å². The van der Waals surface area contributed by atoms with Crippen molar-refractivity contribution < 1.29 is 4.79 Å². The summed E-state index contributed by atoms with van der Waals surface area (Å²) in [5, 5.41) is 2.89. The first-order chi connectivity index (χ1) is 9.63. The number of carbonyl (C=O) groups excluding carboxylic acids is 1. The van der Waals surface area contributed by atoms with Crippen LogP contribution in [0.1, 0.15) is 32.6 Å². The van der Waals surface area contributed by atoms with Gasteiger partial charge in [0.25, 0.3) is 0 Å². The molecule has 4 heteroatoms. The van der Waals surface area contributed by atoms with Crippen LogP contribution in [0.3, 0.4) is 0 Å². The molecule has 0 aromatic heterocycles. The minimum absolute atomic E-state index is 0.0701. The van der Waals surface area contributed by atoms with Crippen molar-refractivity contribution in [2.24, 2.45) is 5.92 Å². The van der Waals surface area contributed by atoms with Gasteiger partial charge in [-0.1, -0.05) is 13.0 Å². The Morgan fingerprint density at radius 2 is 2.35 bits per heavy atom. The van der Waals surface area contributed by atoms with Crippen LogP contribution in [0, 0.1) is 5.92 Å². The number of piperidine rings is 1. The maximum absolute atomic E-state index is 11.9. The number of nitrogens with zero attached hydrogens (tertiary/aromatic N) is 1. The van der Waals surface area contributed by atoms with Crippen molar-refractivity contribution in [3.05, 3.63) is 24.3 Å². The van der Waals surface area contributed by atoms with Crippen molar-refractivity contribution in [1.82, 2.24) is 4.90 Å². The van der Waals surface area contributed by atoms with Gasteiger partial charge in [0.1, 0.15) is 0 Å². The number of amides is 1. The maximum Gasteiger partial charge on any atom is 0.224 e. The number of anilines is 2. The van der Waals surface area contributed by atoms with Crippen LogP contribution in [0.2, 0.25) is 0 Å². The van der Waals surface area contributed by atoms with Crippen LogP contribution < -0.4 is 11.1 Å². The highest BCUT2D eigenvalue weighted by molar-refractivity contribution is 5.91. The molecule has 2 rings (SSSR count). The van der Waals surface area contributed by atoms with Crippen LogP contribution in [0.15, 0.2) is 24.3 Å². The SMILES string of the molecule is CC1CCCN(CCCC(=O)Nc2cccc(N)c2)C1. The van der Waals surface area contributed by atoms with Gasteiger partial charge in [0.2, 0.25) is 5.91 Å². The summed E-state index contributed by atoms with van der Waals surface area (Å²) in [5.41, 5.74) is 7.14. The summed E-state index contributed by atoms with van der Waals surface area (Å²) >= 11 is 0. The van der Waals surface area contributed by atoms with E-state index in [-0.39, 0.29) is 5.91 Å². The Morgan fingerprint density at radius 3 is 3.10 bits per heavy atom. The smallest absolute Gasteiger partial charge is 0.224 e. The quantitative estimate of drug-likeness (QED) is 0.812. The van der Waals surface area contributed by atoms with E-state index in [1.165, 1.54) is 25.9 Å². The van der Waals surface area contributed by atoms with E-state index in [4.69, 9.17) is 5.73 Å². The predicted molar refractivity (Wildman–Crippen MR) is 83.6 cm³/mol. The molecule has 4 nitrogen and oxygen atoms in total. The number of nitrogens with two attached hydrogens (primary N) is 1. The number of hydrogen-bond donors (Lipinski definition) is 2. The van der Waals surface area contributed by atoms with Crippen LogP contribution in [-0.2, 0) is 4.79 Å². The Morgan fingerprint density at radius 1 is 1.50 bits per heavy atom. The second-order valence-electron chi connectivity index (χ2n) is 5.83. The topological polar surface area (TPSA) is 58.4 Å². The monoisotopic (exact) mass is 275 g/mol. The highest BCUT2D eigenvalue weighted by Crippen LogP contribution is 2.16. The summed E-state index contributed by atoms with van der Waals surface area (Å²) in [6.07, 6.45) is 4.11. The molecule has 0 aliphatic carbocycles. The van der Waals surface area contributed by atoms with E-state index in [1.54, 1.807) is 6.07 Å². The van der Waals surface area contributed by atoms with E-state index in [0.717, 1.165) is 24.6 Å². The number of rotatable bonds is 5. The highest BCUT2D eigenvalue weighted by atomic mass is 16.1. The molecule has 1 aliphatic rings. The number of carbonyl (C=O) groups is 1. The van der Waals surface area contributed by atoms with Gasteiger partial charge in [0.15, 0.2) is 0 Å². The van der Waals surface area contributed by atoms with Crippen molar-refractivity contribution in [3.8, 4) is 0 Å². The lowest BCUT2D eigenvalue weighted by atomic mass is 10.0. The minimum atomic E-state index is 0.0701. The number of likely N-dealkylation sites (tertiary alicyclic amines) is 1. The van der Waals surface area contributed by atoms with Crippen molar-refractivity contribution >= 4 is 17.3 Å². The van der Waals surface area contributed by atoms with Crippen molar-refractivity contribution in [2.45, 2.75) is 32.6 Å². The van der Waals surface area contributed by atoms with Crippen molar-refractivity contribution in [2.75, 3.05) is 30.7 Å². The Hall–Kier alpha value is -1.55. The lowest BCUT2D eigenvalue weighted by molar-refractivity contribution is -0.116. The van der Waals surface area contributed by atoms with E-state index in [1.807, 2.05) is 18.2 Å². The fourth-order valence-electron chi connectivity index (χ4n) is 2.79. The second kappa shape index (κ2) is 7.29. The Kier molecular flexibility index (Phi) is 5.41. The average molecular weight is 275 g/mol. The average Bonchev–Trinajstić information content (AvgIpc) is 2.38. The summed E-state index contributed by atoms with van der Waals surface area (Å²) in [6, 6.07) is 7.30. The number of nitrogens with one attached hydrogen (secondary N) is 1. The zero-order valence-corrected chi connectivity index (χ0v) is 12.3. The first-order valence-electron chi connectivity index (χ1n) is 7.51. The molecule has 1 atom stereocenters. The molecule has 1 unspecified atom stereocenters. The van der Waals surface area contributed by atoms with Gasteiger partial charge >= 0.3 is 0 Å². The van der Waals surface area contributed by atoms with Crippen LogP contribution in [0.4, 0.5) is 11.4 Å². The van der Waals surface area contributed by atoms with Crippen molar-refractivity contribution in [3.63, 3.8) is 0 Å². The Balaban J connectivity index is 1.67. The second-order valence-corrected chi connectivity index (χ2v) is 5.83. The number of nitrogen functional groups attached to an aromatic ring is 1. The molecular weight excluding hydrogens is 250 g/mol. The molecule has 110 valence electrons. The molecule has 20 heavy (non-hydrogen) atoms. The number of hydrogen-bond acceptors (Lipinski definition) is 3. The predicted octanol–water partition coefficient (Wildman–Crippen LogP) is 2.72. The van der Waals surface area contributed by atoms with Gasteiger partial charge in [0.05, 0.1) is 0 Å². The molecule has 0 radical (unpaired) electrons. The first kappa shape index (κ1) is 14.9. The highest BCUT2D eigenvalue weighted by Gasteiger charge is 2.15. The Bertz CT molecular complexity index is 447. The Labute approximate surface area is 121 Å². The third-order valence-corrected chi connectivity index (χ3v) is 3.79.